The van der Waals surface area contributed by atoms with Gasteiger partial charge in [-0.2, -0.15) is 5.10 Å². The number of aromatic nitrogens is 4. The Hall–Kier alpha value is -3.36. The minimum atomic E-state index is -0.379. The summed E-state index contributed by atoms with van der Waals surface area (Å²) < 4.78 is 13.1. The second kappa shape index (κ2) is 6.63. The van der Waals surface area contributed by atoms with Crippen LogP contribution in [0.25, 0.3) is 11.0 Å². The molecule has 0 unspecified atom stereocenters. The number of hydrogen-bond acceptors (Lipinski definition) is 6. The lowest BCUT2D eigenvalue weighted by molar-refractivity contribution is -0.116. The number of rotatable bonds is 5. The van der Waals surface area contributed by atoms with Gasteiger partial charge < -0.3 is 14.8 Å². The van der Waals surface area contributed by atoms with Crippen molar-refractivity contribution >= 4 is 22.6 Å². The van der Waals surface area contributed by atoms with E-state index in [1.807, 2.05) is 0 Å². The van der Waals surface area contributed by atoms with Crippen LogP contribution >= 0.6 is 0 Å². The van der Waals surface area contributed by atoms with Crippen LogP contribution in [-0.4, -0.2) is 39.5 Å². The Labute approximate surface area is 142 Å². The lowest BCUT2D eigenvalue weighted by atomic mass is 10.2. The van der Waals surface area contributed by atoms with Crippen LogP contribution in [0, 0.1) is 0 Å². The van der Waals surface area contributed by atoms with E-state index in [-0.39, 0.29) is 18.0 Å². The molecule has 0 aliphatic heterocycles. The summed E-state index contributed by atoms with van der Waals surface area (Å²) in [5.41, 5.74) is 0.630. The molecule has 0 atom stereocenters. The average molecular weight is 343 g/mol. The van der Waals surface area contributed by atoms with Crippen molar-refractivity contribution in [2.24, 2.45) is 7.05 Å². The second-order valence-electron chi connectivity index (χ2n) is 5.30. The number of carbonyl (C=O) groups excluding carboxylic acids is 1. The molecule has 2 aromatic heterocycles. The summed E-state index contributed by atoms with van der Waals surface area (Å²) in [6, 6.07) is 5.03. The number of fused-ring (bicyclic) bond motifs is 1. The quantitative estimate of drug-likeness (QED) is 0.735. The average Bonchev–Trinajstić information content (AvgIpc) is 2.99. The van der Waals surface area contributed by atoms with Crippen molar-refractivity contribution in [1.29, 1.82) is 0 Å². The summed E-state index contributed by atoms with van der Waals surface area (Å²) in [6.45, 7) is -0.175. The molecule has 0 aliphatic rings. The van der Waals surface area contributed by atoms with Crippen LogP contribution in [0.2, 0.25) is 0 Å². The smallest absolute Gasteiger partial charge is 0.264 e. The largest absolute Gasteiger partial charge is 0.497 e. The predicted molar refractivity (Wildman–Crippen MR) is 90.9 cm³/mol. The van der Waals surface area contributed by atoms with Gasteiger partial charge in [0.15, 0.2) is 5.65 Å². The van der Waals surface area contributed by atoms with Crippen molar-refractivity contribution < 1.29 is 14.3 Å². The summed E-state index contributed by atoms with van der Waals surface area (Å²) in [5.74, 6) is 0.689. The number of amides is 1. The van der Waals surface area contributed by atoms with E-state index in [0.717, 1.165) is 0 Å². The molecule has 1 aromatic carbocycles. The first-order valence-corrected chi connectivity index (χ1v) is 7.42. The molecule has 1 amide bonds. The zero-order chi connectivity index (χ0) is 18.0. The molecule has 0 saturated heterocycles. The Balaban J connectivity index is 1.81. The number of anilines is 1. The Morgan fingerprint density at radius 3 is 2.80 bits per heavy atom. The van der Waals surface area contributed by atoms with Gasteiger partial charge in [-0.1, -0.05) is 0 Å². The van der Waals surface area contributed by atoms with Gasteiger partial charge in [-0.25, -0.2) is 4.98 Å². The zero-order valence-corrected chi connectivity index (χ0v) is 14.0. The zero-order valence-electron chi connectivity index (χ0n) is 14.0. The molecule has 130 valence electrons. The number of methoxy groups -OCH3 is 2. The van der Waals surface area contributed by atoms with E-state index < -0.39 is 0 Å². The van der Waals surface area contributed by atoms with Gasteiger partial charge >= 0.3 is 0 Å². The fourth-order valence-electron chi connectivity index (χ4n) is 2.43. The third kappa shape index (κ3) is 3.16. The molecule has 0 saturated carbocycles. The van der Waals surface area contributed by atoms with Gasteiger partial charge in [0.05, 0.1) is 26.1 Å². The van der Waals surface area contributed by atoms with Gasteiger partial charge in [0.25, 0.3) is 5.56 Å². The molecule has 2 heterocycles. The molecule has 0 aliphatic carbocycles. The standard InChI is InChI=1S/C16H17N5O4/c1-20-15-11(7-18-20)16(23)21(9-17-15)8-14(22)19-12-5-4-10(24-2)6-13(12)25-3/h4-7,9H,8H2,1-3H3,(H,19,22). The van der Waals surface area contributed by atoms with Gasteiger partial charge in [0.1, 0.15) is 29.8 Å². The molecule has 0 spiro atoms. The van der Waals surface area contributed by atoms with Gasteiger partial charge in [-0.05, 0) is 12.1 Å². The van der Waals surface area contributed by atoms with Crippen LogP contribution in [0.15, 0.2) is 35.5 Å². The highest BCUT2D eigenvalue weighted by atomic mass is 16.5. The SMILES string of the molecule is COc1ccc(NC(=O)Cn2cnc3c(cnn3C)c2=O)c(OC)c1. The number of hydrogen-bond donors (Lipinski definition) is 1. The van der Waals surface area contributed by atoms with E-state index in [1.165, 1.54) is 28.9 Å². The van der Waals surface area contributed by atoms with Crippen molar-refractivity contribution in [2.45, 2.75) is 6.54 Å². The molecule has 25 heavy (non-hydrogen) atoms. The molecule has 0 radical (unpaired) electrons. The monoisotopic (exact) mass is 343 g/mol. The maximum Gasteiger partial charge on any atom is 0.264 e. The van der Waals surface area contributed by atoms with Crippen molar-refractivity contribution in [1.82, 2.24) is 19.3 Å². The van der Waals surface area contributed by atoms with Gasteiger partial charge in [-0.15, -0.1) is 0 Å². The van der Waals surface area contributed by atoms with Crippen molar-refractivity contribution in [3.8, 4) is 11.5 Å². The summed E-state index contributed by atoms with van der Waals surface area (Å²) >= 11 is 0. The van der Waals surface area contributed by atoms with Crippen molar-refractivity contribution in [3.63, 3.8) is 0 Å². The highest BCUT2D eigenvalue weighted by molar-refractivity contribution is 5.92. The minimum absolute atomic E-state index is 0.175. The molecular formula is C16H17N5O4. The Morgan fingerprint density at radius 1 is 1.28 bits per heavy atom. The van der Waals surface area contributed by atoms with Gasteiger partial charge in [0.2, 0.25) is 5.91 Å². The van der Waals surface area contributed by atoms with E-state index >= 15 is 0 Å². The molecule has 3 aromatic rings. The number of nitrogens with zero attached hydrogens (tertiary/aromatic N) is 4. The van der Waals surface area contributed by atoms with E-state index in [9.17, 15) is 9.59 Å². The van der Waals surface area contributed by atoms with Crippen molar-refractivity contribution in [3.05, 3.63) is 41.1 Å². The van der Waals surface area contributed by atoms with Crippen LogP contribution in [0.4, 0.5) is 5.69 Å². The normalized spacial score (nSPS) is 10.7. The number of benzene rings is 1. The third-order valence-electron chi connectivity index (χ3n) is 3.71. The minimum Gasteiger partial charge on any atom is -0.497 e. The predicted octanol–water partition coefficient (Wildman–Crippen LogP) is 0.786. The first-order chi connectivity index (χ1) is 12.0. The topological polar surface area (TPSA) is 100 Å². The summed E-state index contributed by atoms with van der Waals surface area (Å²) in [4.78, 5) is 28.8. The van der Waals surface area contributed by atoms with Gasteiger partial charge in [0, 0.05) is 13.1 Å². The van der Waals surface area contributed by atoms with E-state index in [2.05, 4.69) is 15.4 Å². The van der Waals surface area contributed by atoms with Crippen LogP contribution in [0.5, 0.6) is 11.5 Å². The number of nitrogens with one attached hydrogen (secondary N) is 1. The maximum atomic E-state index is 12.4. The Bertz CT molecular complexity index is 992. The molecule has 0 fully saturated rings. The van der Waals surface area contributed by atoms with E-state index in [0.29, 0.717) is 28.2 Å². The lowest BCUT2D eigenvalue weighted by Gasteiger charge is -2.12. The highest BCUT2D eigenvalue weighted by Crippen LogP contribution is 2.28. The highest BCUT2D eigenvalue weighted by Gasteiger charge is 2.13. The molecular weight excluding hydrogens is 326 g/mol. The maximum absolute atomic E-state index is 12.4. The Kier molecular flexibility index (Phi) is 4.38. The van der Waals surface area contributed by atoms with Crippen LogP contribution in [-0.2, 0) is 18.4 Å². The molecule has 9 nitrogen and oxygen atoms in total. The fourth-order valence-corrected chi connectivity index (χ4v) is 2.43. The first kappa shape index (κ1) is 16.5. The number of ether oxygens (including phenoxy) is 2. The van der Waals surface area contributed by atoms with Gasteiger partial charge in [-0.3, -0.25) is 18.8 Å². The number of aryl methyl sites for hydroxylation is 1. The van der Waals surface area contributed by atoms with E-state index in [4.69, 9.17) is 9.47 Å². The number of carbonyl (C=O) groups is 1. The molecule has 0 bridgehead atoms. The van der Waals surface area contributed by atoms with Crippen molar-refractivity contribution in [2.75, 3.05) is 19.5 Å². The second-order valence-corrected chi connectivity index (χ2v) is 5.30. The third-order valence-corrected chi connectivity index (χ3v) is 3.71. The van der Waals surface area contributed by atoms with Crippen LogP contribution in [0.3, 0.4) is 0 Å². The van der Waals surface area contributed by atoms with Crippen LogP contribution < -0.4 is 20.3 Å². The molecule has 3 rings (SSSR count). The summed E-state index contributed by atoms with van der Waals surface area (Å²) in [7, 11) is 4.73. The summed E-state index contributed by atoms with van der Waals surface area (Å²) in [5, 5.41) is 7.07. The molecule has 9 heteroatoms. The lowest BCUT2D eigenvalue weighted by Crippen LogP contribution is -2.28. The first-order valence-electron chi connectivity index (χ1n) is 7.42. The summed E-state index contributed by atoms with van der Waals surface area (Å²) in [6.07, 6.45) is 2.77. The molecule has 1 N–H and O–H groups in total. The Morgan fingerprint density at radius 2 is 2.08 bits per heavy atom. The fraction of sp³-hybridized carbons (Fsp3) is 0.250. The van der Waals surface area contributed by atoms with E-state index in [1.54, 1.807) is 32.4 Å². The van der Waals surface area contributed by atoms with Crippen LogP contribution in [0.1, 0.15) is 0 Å².